The molecule has 3 aromatic carbocycles. The monoisotopic (exact) mass is 296 g/mol. The molecule has 1 aromatic heterocycles. The van der Waals surface area contributed by atoms with Gasteiger partial charge in [0.1, 0.15) is 0 Å². The summed E-state index contributed by atoms with van der Waals surface area (Å²) in [5.41, 5.74) is 6.23. The van der Waals surface area contributed by atoms with Crippen molar-refractivity contribution in [2.75, 3.05) is 5.32 Å². The second-order valence-corrected chi connectivity index (χ2v) is 5.97. The molecule has 0 fully saturated rings. The van der Waals surface area contributed by atoms with Crippen LogP contribution in [0.1, 0.15) is 17.3 Å². The fraction of sp³-hybridized carbons (Fsp3) is 0.0476. The summed E-state index contributed by atoms with van der Waals surface area (Å²) in [5, 5.41) is 4.99. The standard InChI is InChI=1S/C21H16N2/c1-2-8-15(9-3-1)21-20-14-16-10-4-6-12-18(16)23(20)19-13-7-5-11-17(19)22-21/h1-14,21-22H. The van der Waals surface area contributed by atoms with Crippen LogP contribution in [0.15, 0.2) is 84.9 Å². The van der Waals surface area contributed by atoms with E-state index in [9.17, 15) is 0 Å². The normalized spacial score (nSPS) is 15.7. The highest BCUT2D eigenvalue weighted by atomic mass is 15.1. The smallest absolute Gasteiger partial charge is 0.0924 e. The van der Waals surface area contributed by atoms with Crippen molar-refractivity contribution >= 4 is 16.6 Å². The van der Waals surface area contributed by atoms with Gasteiger partial charge in [-0.1, -0.05) is 60.7 Å². The molecular weight excluding hydrogens is 280 g/mol. The molecule has 2 heterocycles. The molecule has 0 radical (unpaired) electrons. The van der Waals surface area contributed by atoms with Gasteiger partial charge in [-0.3, -0.25) is 0 Å². The van der Waals surface area contributed by atoms with E-state index in [-0.39, 0.29) is 6.04 Å². The van der Waals surface area contributed by atoms with E-state index in [0.717, 1.165) is 0 Å². The van der Waals surface area contributed by atoms with E-state index >= 15 is 0 Å². The lowest BCUT2D eigenvalue weighted by Crippen LogP contribution is -2.22. The first-order valence-electron chi connectivity index (χ1n) is 7.93. The zero-order chi connectivity index (χ0) is 15.2. The zero-order valence-electron chi connectivity index (χ0n) is 12.6. The number of rotatable bonds is 1. The first kappa shape index (κ1) is 12.5. The second kappa shape index (κ2) is 4.75. The van der Waals surface area contributed by atoms with Gasteiger partial charge in [-0.15, -0.1) is 0 Å². The summed E-state index contributed by atoms with van der Waals surface area (Å²) in [6, 6.07) is 30.2. The van der Waals surface area contributed by atoms with Gasteiger partial charge < -0.3 is 9.88 Å². The third-order valence-electron chi connectivity index (χ3n) is 4.61. The topological polar surface area (TPSA) is 17.0 Å². The van der Waals surface area contributed by atoms with Gasteiger partial charge in [0.25, 0.3) is 0 Å². The summed E-state index contributed by atoms with van der Waals surface area (Å²) in [7, 11) is 0. The van der Waals surface area contributed by atoms with Crippen LogP contribution in [-0.2, 0) is 0 Å². The molecule has 0 spiro atoms. The molecular formula is C21H16N2. The van der Waals surface area contributed by atoms with Crippen LogP contribution in [0.25, 0.3) is 16.6 Å². The molecule has 1 aliphatic heterocycles. The molecule has 0 saturated heterocycles. The maximum atomic E-state index is 3.71. The van der Waals surface area contributed by atoms with Crippen molar-refractivity contribution in [2.24, 2.45) is 0 Å². The van der Waals surface area contributed by atoms with E-state index in [1.165, 1.54) is 33.5 Å². The fourth-order valence-electron chi connectivity index (χ4n) is 3.58. The quantitative estimate of drug-likeness (QED) is 0.514. The average molecular weight is 296 g/mol. The van der Waals surface area contributed by atoms with Crippen molar-refractivity contribution in [1.29, 1.82) is 0 Å². The van der Waals surface area contributed by atoms with Crippen LogP contribution in [0, 0.1) is 0 Å². The molecule has 1 unspecified atom stereocenters. The SMILES string of the molecule is c1ccc(C2Nc3ccccc3-n3c2cc2ccccc23)cc1. The highest BCUT2D eigenvalue weighted by Crippen LogP contribution is 2.40. The molecule has 0 amide bonds. The van der Waals surface area contributed by atoms with Crippen LogP contribution in [0.4, 0.5) is 5.69 Å². The minimum Gasteiger partial charge on any atom is -0.371 e. The Kier molecular flexibility index (Phi) is 2.59. The van der Waals surface area contributed by atoms with E-state index < -0.39 is 0 Å². The second-order valence-electron chi connectivity index (χ2n) is 5.97. The molecule has 0 saturated carbocycles. The number of nitrogens with zero attached hydrogens (tertiary/aromatic N) is 1. The van der Waals surface area contributed by atoms with Crippen molar-refractivity contribution in [3.63, 3.8) is 0 Å². The Labute approximate surface area is 135 Å². The van der Waals surface area contributed by atoms with Crippen LogP contribution in [0.3, 0.4) is 0 Å². The third kappa shape index (κ3) is 1.82. The van der Waals surface area contributed by atoms with Crippen molar-refractivity contribution in [2.45, 2.75) is 6.04 Å². The molecule has 1 aliphatic rings. The van der Waals surface area contributed by atoms with Crippen molar-refractivity contribution in [3.8, 4) is 5.69 Å². The van der Waals surface area contributed by atoms with Crippen molar-refractivity contribution in [3.05, 3.63) is 96.2 Å². The summed E-state index contributed by atoms with van der Waals surface area (Å²) in [4.78, 5) is 0. The summed E-state index contributed by atoms with van der Waals surface area (Å²) in [6.45, 7) is 0. The summed E-state index contributed by atoms with van der Waals surface area (Å²) < 4.78 is 2.39. The van der Waals surface area contributed by atoms with Crippen molar-refractivity contribution in [1.82, 2.24) is 4.57 Å². The van der Waals surface area contributed by atoms with Crippen LogP contribution >= 0.6 is 0 Å². The van der Waals surface area contributed by atoms with Gasteiger partial charge in [0, 0.05) is 5.39 Å². The lowest BCUT2D eigenvalue weighted by molar-refractivity contribution is 0.822. The highest BCUT2D eigenvalue weighted by molar-refractivity contribution is 5.86. The molecule has 0 aliphatic carbocycles. The Morgan fingerprint density at radius 1 is 0.739 bits per heavy atom. The number of hydrogen-bond acceptors (Lipinski definition) is 1. The molecule has 2 heteroatoms. The van der Waals surface area contributed by atoms with E-state index in [2.05, 4.69) is 94.8 Å². The average Bonchev–Trinajstić information content (AvgIpc) is 3.01. The molecule has 2 nitrogen and oxygen atoms in total. The van der Waals surface area contributed by atoms with E-state index in [0.29, 0.717) is 0 Å². The summed E-state index contributed by atoms with van der Waals surface area (Å²) in [5.74, 6) is 0. The van der Waals surface area contributed by atoms with Crippen molar-refractivity contribution < 1.29 is 0 Å². The van der Waals surface area contributed by atoms with E-state index in [1.54, 1.807) is 0 Å². The summed E-state index contributed by atoms with van der Waals surface area (Å²) >= 11 is 0. The molecule has 1 N–H and O–H groups in total. The number of anilines is 1. The van der Waals surface area contributed by atoms with E-state index in [4.69, 9.17) is 0 Å². The number of hydrogen-bond donors (Lipinski definition) is 1. The number of fused-ring (bicyclic) bond motifs is 5. The van der Waals surface area contributed by atoms with Gasteiger partial charge >= 0.3 is 0 Å². The molecule has 1 atom stereocenters. The minimum atomic E-state index is 0.165. The molecule has 23 heavy (non-hydrogen) atoms. The van der Waals surface area contributed by atoms with Gasteiger partial charge in [0.15, 0.2) is 0 Å². The van der Waals surface area contributed by atoms with Crippen LogP contribution in [-0.4, -0.2) is 4.57 Å². The minimum absolute atomic E-state index is 0.165. The first-order valence-corrected chi connectivity index (χ1v) is 7.93. The number of benzene rings is 3. The predicted molar refractivity (Wildman–Crippen MR) is 95.2 cm³/mol. The van der Waals surface area contributed by atoms with E-state index in [1.807, 2.05) is 0 Å². The van der Waals surface area contributed by atoms with Gasteiger partial charge in [0.2, 0.25) is 0 Å². The first-order chi connectivity index (χ1) is 11.4. The summed E-state index contributed by atoms with van der Waals surface area (Å²) in [6.07, 6.45) is 0. The van der Waals surface area contributed by atoms with Gasteiger partial charge in [0.05, 0.1) is 28.6 Å². The van der Waals surface area contributed by atoms with Crippen LogP contribution < -0.4 is 5.32 Å². The largest absolute Gasteiger partial charge is 0.371 e. The predicted octanol–water partition coefficient (Wildman–Crippen LogP) is 5.15. The van der Waals surface area contributed by atoms with Gasteiger partial charge in [-0.2, -0.15) is 0 Å². The highest BCUT2D eigenvalue weighted by Gasteiger charge is 2.26. The Morgan fingerprint density at radius 2 is 1.48 bits per heavy atom. The Hall–Kier alpha value is -3.00. The Bertz CT molecular complexity index is 999. The fourth-order valence-corrected chi connectivity index (χ4v) is 3.58. The lowest BCUT2D eigenvalue weighted by Gasteiger charge is -2.30. The van der Waals surface area contributed by atoms with Crippen LogP contribution in [0.5, 0.6) is 0 Å². The third-order valence-corrected chi connectivity index (χ3v) is 4.61. The maximum absolute atomic E-state index is 3.71. The zero-order valence-corrected chi connectivity index (χ0v) is 12.6. The number of para-hydroxylation sites is 3. The number of nitrogens with one attached hydrogen (secondary N) is 1. The molecule has 5 rings (SSSR count). The lowest BCUT2D eigenvalue weighted by atomic mass is 10.0. The van der Waals surface area contributed by atoms with Gasteiger partial charge in [-0.05, 0) is 29.8 Å². The Balaban J connectivity index is 1.84. The van der Waals surface area contributed by atoms with Crippen LogP contribution in [0.2, 0.25) is 0 Å². The Morgan fingerprint density at radius 3 is 2.39 bits per heavy atom. The maximum Gasteiger partial charge on any atom is 0.0924 e. The van der Waals surface area contributed by atoms with Gasteiger partial charge in [-0.25, -0.2) is 0 Å². The molecule has 4 aromatic rings. The number of aromatic nitrogens is 1. The molecule has 110 valence electrons. The molecule has 0 bridgehead atoms.